The van der Waals surface area contributed by atoms with E-state index in [0.717, 1.165) is 0 Å². The van der Waals surface area contributed by atoms with Crippen molar-refractivity contribution in [1.82, 2.24) is 10.3 Å². The van der Waals surface area contributed by atoms with E-state index in [0.29, 0.717) is 5.82 Å². The quantitative estimate of drug-likeness (QED) is 0.676. The minimum Gasteiger partial charge on any atom is -0.365 e. The highest BCUT2D eigenvalue weighted by Crippen LogP contribution is 2.09. The highest BCUT2D eigenvalue weighted by Gasteiger charge is 2.09. The van der Waals surface area contributed by atoms with Crippen LogP contribution in [-0.4, -0.2) is 29.4 Å². The van der Waals surface area contributed by atoms with Crippen LogP contribution >= 0.6 is 0 Å². The number of anilines is 1. The van der Waals surface area contributed by atoms with Gasteiger partial charge in [-0.15, -0.1) is 0 Å². The minimum atomic E-state index is -0.579. The molecule has 92 valence electrons. The molecule has 6 heteroatoms. The number of carbonyl (C=O) groups is 2. The summed E-state index contributed by atoms with van der Waals surface area (Å²) < 4.78 is 0. The van der Waals surface area contributed by atoms with Gasteiger partial charge in [0.25, 0.3) is 5.91 Å². The van der Waals surface area contributed by atoms with Gasteiger partial charge in [-0.25, -0.2) is 4.98 Å². The third kappa shape index (κ3) is 4.10. The SMILES string of the molecule is CC(C)NC(=O)CNc1ncccc1C(N)=O. The first kappa shape index (κ1) is 13.0. The molecule has 1 aromatic heterocycles. The standard InChI is InChI=1S/C11H16N4O2/c1-7(2)15-9(16)6-14-11-8(10(12)17)4-3-5-13-11/h3-5,7H,6H2,1-2H3,(H2,12,17)(H,13,14)(H,15,16). The van der Waals surface area contributed by atoms with Crippen LogP contribution in [0.15, 0.2) is 18.3 Å². The van der Waals surface area contributed by atoms with Crippen molar-refractivity contribution >= 4 is 17.6 Å². The lowest BCUT2D eigenvalue weighted by Crippen LogP contribution is -2.35. The number of aromatic nitrogens is 1. The summed E-state index contributed by atoms with van der Waals surface area (Å²) in [6.45, 7) is 3.79. The van der Waals surface area contributed by atoms with Crippen molar-refractivity contribution in [1.29, 1.82) is 0 Å². The van der Waals surface area contributed by atoms with Crippen LogP contribution in [0.3, 0.4) is 0 Å². The fourth-order valence-electron chi connectivity index (χ4n) is 1.28. The van der Waals surface area contributed by atoms with Gasteiger partial charge in [0.15, 0.2) is 0 Å². The molecule has 1 rings (SSSR count). The number of primary amides is 1. The van der Waals surface area contributed by atoms with Crippen molar-refractivity contribution in [2.24, 2.45) is 5.73 Å². The molecule has 0 saturated heterocycles. The van der Waals surface area contributed by atoms with E-state index in [1.54, 1.807) is 12.1 Å². The summed E-state index contributed by atoms with van der Waals surface area (Å²) in [6.07, 6.45) is 1.52. The highest BCUT2D eigenvalue weighted by molar-refractivity contribution is 5.97. The lowest BCUT2D eigenvalue weighted by atomic mass is 10.2. The molecular weight excluding hydrogens is 220 g/mol. The number of rotatable bonds is 5. The zero-order valence-corrected chi connectivity index (χ0v) is 9.86. The van der Waals surface area contributed by atoms with Gasteiger partial charge >= 0.3 is 0 Å². The summed E-state index contributed by atoms with van der Waals surface area (Å²) >= 11 is 0. The zero-order valence-electron chi connectivity index (χ0n) is 9.86. The summed E-state index contributed by atoms with van der Waals surface area (Å²) in [4.78, 5) is 26.4. The van der Waals surface area contributed by atoms with Crippen LogP contribution in [0.4, 0.5) is 5.82 Å². The second kappa shape index (κ2) is 5.83. The predicted molar refractivity (Wildman–Crippen MR) is 64.5 cm³/mol. The van der Waals surface area contributed by atoms with Crippen molar-refractivity contribution in [2.75, 3.05) is 11.9 Å². The Morgan fingerprint density at radius 2 is 2.18 bits per heavy atom. The van der Waals surface area contributed by atoms with Gasteiger partial charge in [0, 0.05) is 12.2 Å². The van der Waals surface area contributed by atoms with Gasteiger partial charge < -0.3 is 16.4 Å². The maximum Gasteiger partial charge on any atom is 0.252 e. The van der Waals surface area contributed by atoms with E-state index in [2.05, 4.69) is 15.6 Å². The monoisotopic (exact) mass is 236 g/mol. The Hall–Kier alpha value is -2.11. The molecule has 1 aromatic rings. The number of pyridine rings is 1. The molecule has 0 atom stereocenters. The summed E-state index contributed by atoms with van der Waals surface area (Å²) in [7, 11) is 0. The second-order valence-electron chi connectivity index (χ2n) is 3.84. The summed E-state index contributed by atoms with van der Waals surface area (Å²) in [5.74, 6) is -0.426. The van der Waals surface area contributed by atoms with E-state index in [9.17, 15) is 9.59 Å². The molecule has 0 spiro atoms. The minimum absolute atomic E-state index is 0.0511. The van der Waals surface area contributed by atoms with Crippen molar-refractivity contribution in [3.05, 3.63) is 23.9 Å². The molecule has 17 heavy (non-hydrogen) atoms. The Balaban J connectivity index is 2.63. The second-order valence-corrected chi connectivity index (χ2v) is 3.84. The lowest BCUT2D eigenvalue weighted by molar-refractivity contribution is -0.119. The van der Waals surface area contributed by atoms with Crippen LogP contribution in [0.25, 0.3) is 0 Å². The first-order valence-electron chi connectivity index (χ1n) is 5.28. The van der Waals surface area contributed by atoms with Gasteiger partial charge in [-0.3, -0.25) is 9.59 Å². The van der Waals surface area contributed by atoms with E-state index in [4.69, 9.17) is 5.73 Å². The van der Waals surface area contributed by atoms with Crippen LogP contribution in [0.5, 0.6) is 0 Å². The Bertz CT molecular complexity index is 418. The van der Waals surface area contributed by atoms with E-state index in [-0.39, 0.29) is 24.1 Å². The fourth-order valence-corrected chi connectivity index (χ4v) is 1.28. The first-order chi connectivity index (χ1) is 8.00. The number of amides is 2. The van der Waals surface area contributed by atoms with E-state index in [1.807, 2.05) is 13.8 Å². The smallest absolute Gasteiger partial charge is 0.252 e. The average Bonchev–Trinajstić information content (AvgIpc) is 2.25. The van der Waals surface area contributed by atoms with Crippen molar-refractivity contribution < 1.29 is 9.59 Å². The molecule has 4 N–H and O–H groups in total. The van der Waals surface area contributed by atoms with Crippen molar-refractivity contribution in [3.8, 4) is 0 Å². The Morgan fingerprint density at radius 1 is 1.47 bits per heavy atom. The van der Waals surface area contributed by atoms with Gasteiger partial charge in [0.1, 0.15) is 5.82 Å². The molecule has 0 radical (unpaired) electrons. The van der Waals surface area contributed by atoms with Gasteiger partial charge in [0.05, 0.1) is 12.1 Å². The molecule has 0 aliphatic carbocycles. The van der Waals surface area contributed by atoms with Crippen LogP contribution in [0.1, 0.15) is 24.2 Å². The molecule has 0 saturated carbocycles. The van der Waals surface area contributed by atoms with Gasteiger partial charge in [0.2, 0.25) is 5.91 Å². The molecule has 0 fully saturated rings. The molecule has 0 aliphatic rings. The Kier molecular flexibility index (Phi) is 4.45. The number of carbonyl (C=O) groups excluding carboxylic acids is 2. The van der Waals surface area contributed by atoms with E-state index < -0.39 is 5.91 Å². The van der Waals surface area contributed by atoms with Gasteiger partial charge in [-0.2, -0.15) is 0 Å². The average molecular weight is 236 g/mol. The molecule has 0 aromatic carbocycles. The van der Waals surface area contributed by atoms with Crippen LogP contribution in [0.2, 0.25) is 0 Å². The van der Waals surface area contributed by atoms with Crippen molar-refractivity contribution in [2.45, 2.75) is 19.9 Å². The molecule has 0 unspecified atom stereocenters. The van der Waals surface area contributed by atoms with Gasteiger partial charge in [-0.1, -0.05) is 0 Å². The fraction of sp³-hybridized carbons (Fsp3) is 0.364. The molecular formula is C11H16N4O2. The lowest BCUT2D eigenvalue weighted by Gasteiger charge is -2.10. The molecule has 0 aliphatic heterocycles. The van der Waals surface area contributed by atoms with Crippen LogP contribution in [-0.2, 0) is 4.79 Å². The number of nitrogens with one attached hydrogen (secondary N) is 2. The summed E-state index contributed by atoms with van der Waals surface area (Å²) in [6, 6.07) is 3.24. The van der Waals surface area contributed by atoms with Crippen LogP contribution in [0, 0.1) is 0 Å². The summed E-state index contributed by atoms with van der Waals surface area (Å²) in [5.41, 5.74) is 5.45. The maximum atomic E-state index is 11.4. The van der Waals surface area contributed by atoms with E-state index in [1.165, 1.54) is 6.20 Å². The number of nitrogens with two attached hydrogens (primary N) is 1. The molecule has 1 heterocycles. The number of nitrogens with zero attached hydrogens (tertiary/aromatic N) is 1. The number of hydrogen-bond acceptors (Lipinski definition) is 4. The highest BCUT2D eigenvalue weighted by atomic mass is 16.2. The third-order valence-electron chi connectivity index (χ3n) is 1.94. The Morgan fingerprint density at radius 3 is 2.76 bits per heavy atom. The van der Waals surface area contributed by atoms with E-state index >= 15 is 0 Å². The van der Waals surface area contributed by atoms with Crippen LogP contribution < -0.4 is 16.4 Å². The van der Waals surface area contributed by atoms with Gasteiger partial charge in [-0.05, 0) is 26.0 Å². The molecule has 6 nitrogen and oxygen atoms in total. The predicted octanol–water partition coefficient (Wildman–Crippen LogP) is 0.117. The number of hydrogen-bond donors (Lipinski definition) is 3. The summed E-state index contributed by atoms with van der Waals surface area (Å²) in [5, 5.41) is 5.49. The first-order valence-corrected chi connectivity index (χ1v) is 5.28. The largest absolute Gasteiger partial charge is 0.365 e. The van der Waals surface area contributed by atoms with Crippen molar-refractivity contribution in [3.63, 3.8) is 0 Å². The Labute approximate surface area is 99.6 Å². The maximum absolute atomic E-state index is 11.4. The normalized spacial score (nSPS) is 10.1. The third-order valence-corrected chi connectivity index (χ3v) is 1.94. The topological polar surface area (TPSA) is 97.1 Å². The zero-order chi connectivity index (χ0) is 12.8. The molecule has 0 bridgehead atoms. The molecule has 2 amide bonds.